The van der Waals surface area contributed by atoms with Gasteiger partial charge in [0.15, 0.2) is 12.1 Å². The monoisotopic (exact) mass is 777 g/mol. The smallest absolute Gasteiger partial charge is 0.261 e. The summed E-state index contributed by atoms with van der Waals surface area (Å²) in [6.07, 6.45) is 8.25. The van der Waals surface area contributed by atoms with Crippen molar-refractivity contribution in [3.05, 3.63) is 65.5 Å². The van der Waals surface area contributed by atoms with Crippen molar-refractivity contribution >= 4 is 34.1 Å². The molecule has 1 aromatic heterocycles. The molecule has 3 saturated heterocycles. The number of carbonyl (C=O) groups is 3. The summed E-state index contributed by atoms with van der Waals surface area (Å²) in [6.45, 7) is 11.9. The van der Waals surface area contributed by atoms with Gasteiger partial charge in [-0.25, -0.2) is 0 Å². The molecule has 11 rings (SSSR count). The average Bonchev–Trinajstić information content (AvgIpc) is 3.70. The fourth-order valence-electron chi connectivity index (χ4n) is 13.2. The lowest BCUT2D eigenvalue weighted by atomic mass is 9.37. The molecule has 4 aliphatic heterocycles. The molecular weight excluding hydrogens is 723 g/mol. The van der Waals surface area contributed by atoms with E-state index in [1.165, 1.54) is 11.3 Å². The second-order valence-electron chi connectivity index (χ2n) is 18.8. The minimum Gasteiger partial charge on any atom is -0.393 e. The van der Waals surface area contributed by atoms with Gasteiger partial charge in [0.05, 0.1) is 36.0 Å². The van der Waals surface area contributed by atoms with E-state index in [-0.39, 0.29) is 28.9 Å². The van der Waals surface area contributed by atoms with Crippen molar-refractivity contribution in [1.29, 1.82) is 0 Å². The molecule has 8 aliphatic rings. The molecule has 9 atom stereocenters. The number of Topliss-reactive ketones (excluding diaryl/α,β-unsaturated/α-hetero) is 1. The number of unbranched alkanes of at least 4 members (excludes halogenated alkanes) is 1. The predicted molar refractivity (Wildman–Crippen MR) is 211 cm³/mol. The van der Waals surface area contributed by atoms with Gasteiger partial charge in [-0.2, -0.15) is 0 Å². The van der Waals surface area contributed by atoms with Crippen LogP contribution < -0.4 is 4.90 Å². The van der Waals surface area contributed by atoms with E-state index in [9.17, 15) is 24.6 Å². The standard InChI is InChI=1S/C45H55N5O7/c1-26-31-23-33(51)37-44-17-10-16-43(2,3)34(44)24-35(45(37,38(26)52)39(31)53)57-42(44)56-22-15-27-25-49(47-46-27)20-7-8-21-50-40(54)29-12-9-11-28-32(48-18-5-4-6-19-48)14-13-30(36(28)29)41(50)55/h9,11-14,25,31,33-35,37,39,42,51,53H,1,4-8,10,15-24H2,2-3H3/t31-,33-,34+,35+,37-,39+,42+,44-,45+/m0/s1. The normalized spacial score (nSPS) is 35.3. The lowest BCUT2D eigenvalue weighted by Gasteiger charge is -2.72. The number of hydrogen-bond donors (Lipinski definition) is 2. The highest BCUT2D eigenvalue weighted by Gasteiger charge is 2.81. The third-order valence-corrected chi connectivity index (χ3v) is 15.6. The van der Waals surface area contributed by atoms with Gasteiger partial charge in [-0.05, 0) is 92.9 Å². The van der Waals surface area contributed by atoms with Crippen molar-refractivity contribution in [2.75, 3.05) is 31.1 Å². The van der Waals surface area contributed by atoms with Gasteiger partial charge >= 0.3 is 0 Å². The third-order valence-electron chi connectivity index (χ3n) is 15.6. The molecular formula is C45H55N5O7. The number of carbonyl (C=O) groups excluding carboxylic acids is 3. The quantitative estimate of drug-likeness (QED) is 0.154. The van der Waals surface area contributed by atoms with Gasteiger partial charge in [-0.15, -0.1) is 5.10 Å². The first-order valence-electron chi connectivity index (χ1n) is 21.4. The third kappa shape index (κ3) is 5.28. The van der Waals surface area contributed by atoms with Crippen molar-refractivity contribution in [3.8, 4) is 0 Å². The van der Waals surface area contributed by atoms with Crippen LogP contribution in [0.2, 0.25) is 0 Å². The van der Waals surface area contributed by atoms with Crippen LogP contribution in [0.25, 0.3) is 10.8 Å². The Labute approximate surface area is 333 Å². The van der Waals surface area contributed by atoms with Crippen LogP contribution in [0.5, 0.6) is 0 Å². The van der Waals surface area contributed by atoms with Crippen LogP contribution in [-0.4, -0.2) is 98.5 Å². The summed E-state index contributed by atoms with van der Waals surface area (Å²) in [5.41, 5.74) is 1.69. The van der Waals surface area contributed by atoms with Crippen molar-refractivity contribution in [1.82, 2.24) is 19.9 Å². The van der Waals surface area contributed by atoms with Gasteiger partial charge in [0, 0.05) is 83.6 Å². The second kappa shape index (κ2) is 13.5. The molecule has 57 heavy (non-hydrogen) atoms. The molecule has 4 saturated carbocycles. The number of aliphatic hydroxyl groups excluding tert-OH is 2. The predicted octanol–water partition coefficient (Wildman–Crippen LogP) is 5.48. The van der Waals surface area contributed by atoms with E-state index in [2.05, 4.69) is 41.7 Å². The summed E-state index contributed by atoms with van der Waals surface area (Å²) in [6, 6.07) is 9.76. The Balaban J connectivity index is 0.775. The largest absolute Gasteiger partial charge is 0.393 e. The zero-order valence-electron chi connectivity index (χ0n) is 33.2. The van der Waals surface area contributed by atoms with Gasteiger partial charge < -0.3 is 24.6 Å². The molecule has 12 nitrogen and oxygen atoms in total. The maximum atomic E-state index is 14.0. The van der Waals surface area contributed by atoms with Crippen LogP contribution in [-0.2, 0) is 27.2 Å². The highest BCUT2D eigenvalue weighted by atomic mass is 16.7. The van der Waals surface area contributed by atoms with E-state index in [0.717, 1.165) is 67.3 Å². The first kappa shape index (κ1) is 37.3. The van der Waals surface area contributed by atoms with Gasteiger partial charge in [0.1, 0.15) is 0 Å². The van der Waals surface area contributed by atoms with Crippen LogP contribution in [0.1, 0.15) is 104 Å². The maximum Gasteiger partial charge on any atom is 0.261 e. The van der Waals surface area contributed by atoms with E-state index in [4.69, 9.17) is 9.47 Å². The molecule has 302 valence electrons. The van der Waals surface area contributed by atoms with Crippen LogP contribution in [0.4, 0.5) is 5.69 Å². The molecule has 12 heteroatoms. The SMILES string of the molecule is C=C1C(=O)[C@]23[C@H](O)[C@H]1C[C@H](O)[C@H]2[C@]12CCCC(C)(C)[C@H]1C[C@H]3O[C@H]2OCCc1cn(CCCCN2C(=O)c3cccc4c(N5CCCCC5)ccc(c34)C2=O)nn1. The number of benzene rings is 2. The van der Waals surface area contributed by atoms with Gasteiger partial charge in [-0.1, -0.05) is 44.2 Å². The topological polar surface area (TPSA) is 147 Å². The Bertz CT molecular complexity index is 2140. The highest BCUT2D eigenvalue weighted by Crippen LogP contribution is 2.75. The number of fused-ring (bicyclic) bond motifs is 2. The van der Waals surface area contributed by atoms with Crippen LogP contribution in [0, 0.1) is 34.0 Å². The molecule has 2 N–H and O–H groups in total. The summed E-state index contributed by atoms with van der Waals surface area (Å²) < 4.78 is 15.2. The van der Waals surface area contributed by atoms with E-state index >= 15 is 0 Å². The Morgan fingerprint density at radius 2 is 1.72 bits per heavy atom. The van der Waals surface area contributed by atoms with E-state index in [1.54, 1.807) is 4.68 Å². The zero-order chi connectivity index (χ0) is 39.4. The Hall–Kier alpha value is -3.97. The van der Waals surface area contributed by atoms with E-state index in [0.29, 0.717) is 68.5 Å². The molecule has 2 amide bonds. The molecule has 3 aromatic rings. The van der Waals surface area contributed by atoms with Crippen molar-refractivity contribution in [3.63, 3.8) is 0 Å². The summed E-state index contributed by atoms with van der Waals surface area (Å²) >= 11 is 0. The number of aromatic nitrogens is 3. The Morgan fingerprint density at radius 1 is 0.947 bits per heavy atom. The summed E-state index contributed by atoms with van der Waals surface area (Å²) in [5, 5.41) is 34.1. The van der Waals surface area contributed by atoms with Gasteiger partial charge in [-0.3, -0.25) is 24.0 Å². The molecule has 4 bridgehead atoms. The molecule has 4 aliphatic carbocycles. The number of rotatable bonds is 10. The molecule has 0 radical (unpaired) electrons. The molecule has 0 unspecified atom stereocenters. The molecule has 2 aromatic carbocycles. The lowest BCUT2D eigenvalue weighted by Crippen LogP contribution is -2.78. The zero-order valence-corrected chi connectivity index (χ0v) is 33.2. The molecule has 5 heterocycles. The molecule has 7 fully saturated rings. The van der Waals surface area contributed by atoms with E-state index < -0.39 is 47.3 Å². The highest BCUT2D eigenvalue weighted by molar-refractivity contribution is 6.26. The van der Waals surface area contributed by atoms with Gasteiger partial charge in [0.2, 0.25) is 0 Å². The second-order valence-corrected chi connectivity index (χ2v) is 18.8. The number of hydrogen-bond acceptors (Lipinski definition) is 10. The fraction of sp³-hybridized carbons (Fsp3) is 0.622. The minimum atomic E-state index is -1.17. The maximum absolute atomic E-state index is 14.0. The van der Waals surface area contributed by atoms with Crippen LogP contribution >= 0.6 is 0 Å². The van der Waals surface area contributed by atoms with Crippen molar-refractivity contribution < 1.29 is 34.1 Å². The summed E-state index contributed by atoms with van der Waals surface area (Å²) in [5.74, 6) is -1.30. The fourth-order valence-corrected chi connectivity index (χ4v) is 13.2. The van der Waals surface area contributed by atoms with Crippen LogP contribution in [0.3, 0.4) is 0 Å². The van der Waals surface area contributed by atoms with Crippen molar-refractivity contribution in [2.24, 2.45) is 34.0 Å². The number of amides is 2. The average molecular weight is 778 g/mol. The number of aryl methyl sites for hydroxylation is 1. The Morgan fingerprint density at radius 3 is 2.53 bits per heavy atom. The summed E-state index contributed by atoms with van der Waals surface area (Å²) in [7, 11) is 0. The van der Waals surface area contributed by atoms with Crippen molar-refractivity contribution in [2.45, 2.75) is 116 Å². The first-order chi connectivity index (χ1) is 27.5. The number of ether oxygens (including phenoxy) is 2. The number of anilines is 1. The number of imide groups is 1. The Kier molecular flexibility index (Phi) is 8.86. The number of ketones is 1. The van der Waals surface area contributed by atoms with E-state index in [1.807, 2.05) is 30.5 Å². The first-order valence-corrected chi connectivity index (χ1v) is 21.4. The van der Waals surface area contributed by atoms with Gasteiger partial charge in [0.25, 0.3) is 11.8 Å². The minimum absolute atomic E-state index is 0.0316. The lowest BCUT2D eigenvalue weighted by molar-refractivity contribution is -0.401. The molecule has 2 spiro atoms. The van der Waals surface area contributed by atoms with Crippen LogP contribution in [0.15, 0.2) is 48.7 Å². The summed E-state index contributed by atoms with van der Waals surface area (Å²) in [4.78, 5) is 45.2. The number of piperidine rings is 1. The number of aliphatic hydroxyl groups is 2. The number of nitrogens with zero attached hydrogens (tertiary/aromatic N) is 5.